The van der Waals surface area contributed by atoms with Crippen molar-refractivity contribution in [1.82, 2.24) is 10.3 Å². The maximum atomic E-state index is 13.5. The number of amides is 3. The summed E-state index contributed by atoms with van der Waals surface area (Å²) in [7, 11) is 0. The van der Waals surface area contributed by atoms with Crippen molar-refractivity contribution in [3.63, 3.8) is 0 Å². The lowest BCUT2D eigenvalue weighted by Crippen LogP contribution is -2.37. The Hall–Kier alpha value is -4.35. The summed E-state index contributed by atoms with van der Waals surface area (Å²) in [4.78, 5) is 28.2. The van der Waals surface area contributed by atoms with Crippen molar-refractivity contribution in [1.29, 1.82) is 0 Å². The number of aliphatic hydroxyl groups is 1. The normalized spacial score (nSPS) is 23.7. The number of fused-ring (bicyclic) bond motifs is 2. The van der Waals surface area contributed by atoms with Crippen LogP contribution in [-0.4, -0.2) is 27.6 Å². The number of nitrogens with zero attached hydrogens (tertiary/aromatic N) is 1. The Labute approximate surface area is 220 Å². The summed E-state index contributed by atoms with van der Waals surface area (Å²) < 4.78 is 58.2. The van der Waals surface area contributed by atoms with Crippen LogP contribution in [0.15, 0.2) is 66.3 Å². The Morgan fingerprint density at radius 1 is 1.28 bits per heavy atom. The SMILES string of the molecule is C=C(/C(O)=C\C=C(/C)Oc1ccnc2c1CCC(=O)N2)[C@@H]1[C@@H]2C[C@@]12NC(=O)Nc1ccc(F)c(C(F)(F)F)c1. The minimum atomic E-state index is -4.89. The molecule has 0 unspecified atom stereocenters. The van der Waals surface area contributed by atoms with Crippen molar-refractivity contribution in [2.24, 2.45) is 11.8 Å². The van der Waals surface area contributed by atoms with Crippen LogP contribution in [0, 0.1) is 17.7 Å². The summed E-state index contributed by atoms with van der Waals surface area (Å²) in [5.74, 6) is -0.369. The summed E-state index contributed by atoms with van der Waals surface area (Å²) in [6, 6.07) is 3.16. The fourth-order valence-corrected chi connectivity index (χ4v) is 4.90. The molecule has 2 aromatic rings. The highest BCUT2D eigenvalue weighted by Gasteiger charge is 2.80. The minimum absolute atomic E-state index is 0.0464. The Morgan fingerprint density at radius 3 is 2.77 bits per heavy atom. The van der Waals surface area contributed by atoms with Crippen LogP contribution in [0.5, 0.6) is 5.75 Å². The molecule has 1 aromatic carbocycles. The van der Waals surface area contributed by atoms with Crippen molar-refractivity contribution >= 4 is 23.4 Å². The molecule has 12 heteroatoms. The molecule has 0 radical (unpaired) electrons. The number of carbonyl (C=O) groups is 2. The van der Waals surface area contributed by atoms with E-state index in [0.717, 1.165) is 11.6 Å². The van der Waals surface area contributed by atoms with E-state index in [1.165, 1.54) is 12.3 Å². The van der Waals surface area contributed by atoms with Gasteiger partial charge < -0.3 is 25.8 Å². The van der Waals surface area contributed by atoms with Crippen LogP contribution >= 0.6 is 0 Å². The van der Waals surface area contributed by atoms with Crippen LogP contribution in [0.4, 0.5) is 33.9 Å². The zero-order valence-electron chi connectivity index (χ0n) is 20.7. The standard InChI is InChI=1S/C27H24F4N4O4/c1-13(39-21-9-10-32-24-16(21)5-8-22(37)34-24)3-7-20(36)14(2)23-18-12-26(18,23)35-25(38)33-15-4-6-19(28)17(11-15)27(29,30)31/h3-4,6-7,9-11,18,23,36H,2,5,8,12H2,1H3,(H,32,34,37)(H2,33,35,38)/b13-3+,20-7+/t18-,23+,26-/m0/s1. The van der Waals surface area contributed by atoms with Gasteiger partial charge in [-0.15, -0.1) is 0 Å². The number of rotatable bonds is 7. The van der Waals surface area contributed by atoms with E-state index in [2.05, 4.69) is 27.5 Å². The van der Waals surface area contributed by atoms with Gasteiger partial charge in [0.15, 0.2) is 0 Å². The van der Waals surface area contributed by atoms with Gasteiger partial charge in [0.25, 0.3) is 0 Å². The number of hydrogen-bond acceptors (Lipinski definition) is 5. The molecule has 3 aliphatic rings. The first kappa shape index (κ1) is 26.3. The third-order valence-corrected chi connectivity index (χ3v) is 7.11. The molecular weight excluding hydrogens is 520 g/mol. The molecule has 2 fully saturated rings. The number of benzene rings is 1. The molecular formula is C27H24F4N4O4. The quantitative estimate of drug-likeness (QED) is 0.206. The van der Waals surface area contributed by atoms with Crippen molar-refractivity contribution in [3.8, 4) is 5.75 Å². The monoisotopic (exact) mass is 544 g/mol. The zero-order valence-corrected chi connectivity index (χ0v) is 20.7. The molecule has 0 bridgehead atoms. The van der Waals surface area contributed by atoms with Gasteiger partial charge in [0.2, 0.25) is 5.91 Å². The second kappa shape index (κ2) is 9.44. The van der Waals surface area contributed by atoms with E-state index < -0.39 is 29.1 Å². The Morgan fingerprint density at radius 2 is 2.05 bits per heavy atom. The van der Waals surface area contributed by atoms with E-state index in [-0.39, 0.29) is 29.2 Å². The van der Waals surface area contributed by atoms with Gasteiger partial charge in [-0.25, -0.2) is 14.2 Å². The summed E-state index contributed by atoms with van der Waals surface area (Å²) in [5, 5.41) is 18.3. The maximum Gasteiger partial charge on any atom is 0.419 e. The van der Waals surface area contributed by atoms with E-state index in [0.29, 0.717) is 54.3 Å². The smallest absolute Gasteiger partial charge is 0.419 e. The van der Waals surface area contributed by atoms with Crippen LogP contribution in [0.3, 0.4) is 0 Å². The van der Waals surface area contributed by atoms with E-state index >= 15 is 0 Å². The van der Waals surface area contributed by atoms with Crippen LogP contribution in [0.1, 0.15) is 30.9 Å². The van der Waals surface area contributed by atoms with Gasteiger partial charge in [-0.05, 0) is 67.7 Å². The van der Waals surface area contributed by atoms with Gasteiger partial charge in [-0.2, -0.15) is 13.2 Å². The molecule has 1 aliphatic heterocycles. The van der Waals surface area contributed by atoms with E-state index in [1.54, 1.807) is 19.1 Å². The fourth-order valence-electron chi connectivity index (χ4n) is 4.90. The van der Waals surface area contributed by atoms with Gasteiger partial charge >= 0.3 is 12.2 Å². The second-order valence-electron chi connectivity index (χ2n) is 9.74. The van der Waals surface area contributed by atoms with Crippen LogP contribution in [-0.2, 0) is 17.4 Å². The molecule has 2 heterocycles. The molecule has 3 atom stereocenters. The Kier molecular flexibility index (Phi) is 6.36. The number of ether oxygens (including phenoxy) is 1. The first-order valence-electron chi connectivity index (χ1n) is 12.1. The number of nitrogens with one attached hydrogen (secondary N) is 3. The number of urea groups is 1. The predicted octanol–water partition coefficient (Wildman–Crippen LogP) is 5.62. The largest absolute Gasteiger partial charge is 0.508 e. The van der Waals surface area contributed by atoms with Crippen LogP contribution in [0.2, 0.25) is 0 Å². The molecule has 204 valence electrons. The average Bonchev–Trinajstić information content (AvgIpc) is 3.72. The lowest BCUT2D eigenvalue weighted by atomic mass is 10.0. The number of halogens is 4. The summed E-state index contributed by atoms with van der Waals surface area (Å²) >= 11 is 0. The van der Waals surface area contributed by atoms with Crippen molar-refractivity contribution in [2.75, 3.05) is 10.6 Å². The van der Waals surface area contributed by atoms with Gasteiger partial charge in [0.05, 0.1) is 11.1 Å². The predicted molar refractivity (Wildman–Crippen MR) is 133 cm³/mol. The molecule has 0 spiro atoms. The number of carbonyl (C=O) groups excluding carboxylic acids is 2. The lowest BCUT2D eigenvalue weighted by Gasteiger charge is -2.19. The summed E-state index contributed by atoms with van der Waals surface area (Å²) in [6.45, 7) is 5.63. The number of aliphatic hydroxyl groups excluding tert-OH is 1. The molecule has 5 rings (SSSR count). The highest BCUT2D eigenvalue weighted by Crippen LogP contribution is 2.74. The molecule has 1 aromatic heterocycles. The molecule has 2 aliphatic carbocycles. The number of pyridine rings is 1. The number of allylic oxidation sites excluding steroid dienone is 4. The van der Waals surface area contributed by atoms with Gasteiger partial charge in [0, 0.05) is 29.8 Å². The van der Waals surface area contributed by atoms with Crippen molar-refractivity contribution < 1.29 is 37.0 Å². The molecule has 8 nitrogen and oxygen atoms in total. The van der Waals surface area contributed by atoms with Gasteiger partial charge in [0.1, 0.15) is 28.9 Å². The first-order valence-corrected chi connectivity index (χ1v) is 12.1. The molecule has 0 saturated heterocycles. The lowest BCUT2D eigenvalue weighted by molar-refractivity contribution is -0.140. The van der Waals surface area contributed by atoms with Crippen molar-refractivity contribution in [2.45, 2.75) is 37.9 Å². The molecule has 2 saturated carbocycles. The Balaban J connectivity index is 1.18. The summed E-state index contributed by atoms with van der Waals surface area (Å²) in [6.07, 6.45) is 1.07. The highest BCUT2D eigenvalue weighted by molar-refractivity contribution is 5.93. The minimum Gasteiger partial charge on any atom is -0.508 e. The second-order valence-corrected chi connectivity index (χ2v) is 9.74. The molecule has 4 N–H and O–H groups in total. The first-order chi connectivity index (χ1) is 18.4. The van der Waals surface area contributed by atoms with E-state index in [1.807, 2.05) is 0 Å². The molecule has 3 amide bonds. The maximum absolute atomic E-state index is 13.5. The summed E-state index contributed by atoms with van der Waals surface area (Å²) in [5.41, 5.74) is -1.13. The number of aromatic nitrogens is 1. The van der Waals surface area contributed by atoms with Crippen LogP contribution < -0.4 is 20.7 Å². The number of hydrogen-bond donors (Lipinski definition) is 4. The van der Waals surface area contributed by atoms with E-state index in [4.69, 9.17) is 4.74 Å². The van der Waals surface area contributed by atoms with Crippen LogP contribution in [0.25, 0.3) is 0 Å². The van der Waals surface area contributed by atoms with E-state index in [9.17, 15) is 32.3 Å². The average molecular weight is 545 g/mol. The third kappa shape index (κ3) is 5.18. The third-order valence-electron chi connectivity index (χ3n) is 7.11. The molecule has 39 heavy (non-hydrogen) atoms. The topological polar surface area (TPSA) is 113 Å². The Bertz CT molecular complexity index is 1450. The van der Waals surface area contributed by atoms with Crippen molar-refractivity contribution in [3.05, 3.63) is 83.2 Å². The van der Waals surface area contributed by atoms with Gasteiger partial charge in [-0.3, -0.25) is 4.79 Å². The fraction of sp³-hybridized carbons (Fsp3) is 0.296. The zero-order chi connectivity index (χ0) is 28.1. The highest BCUT2D eigenvalue weighted by atomic mass is 19.4. The number of anilines is 2. The van der Waals surface area contributed by atoms with Gasteiger partial charge in [-0.1, -0.05) is 6.58 Å². The number of alkyl halides is 3.